The van der Waals surface area contributed by atoms with Gasteiger partial charge in [-0.1, -0.05) is 7.43 Å². The van der Waals surface area contributed by atoms with Gasteiger partial charge in [0, 0.05) is 6.08 Å². The van der Waals surface area contributed by atoms with Crippen LogP contribution in [0.5, 0.6) is 0 Å². The first-order chi connectivity index (χ1) is 19.7. The number of rotatable bonds is 12. The summed E-state index contributed by atoms with van der Waals surface area (Å²) in [7, 11) is 0.500. The van der Waals surface area contributed by atoms with Crippen LogP contribution in [0, 0.1) is 0 Å². The fourth-order valence-corrected chi connectivity index (χ4v) is 2.40. The van der Waals surface area contributed by atoms with Gasteiger partial charge in [-0.2, -0.15) is 0 Å². The Bertz CT molecular complexity index is 1030. The first-order valence-corrected chi connectivity index (χ1v) is 12.3. The number of aldehydes is 1. The highest BCUT2D eigenvalue weighted by Gasteiger charge is 2.21. The monoisotopic (exact) mass is 604 g/mol. The van der Waals surface area contributed by atoms with Crippen LogP contribution in [0.2, 0.25) is 0 Å². The van der Waals surface area contributed by atoms with Crippen molar-refractivity contribution in [2.45, 2.75) is 54.8 Å². The topological polar surface area (TPSA) is 189 Å². The van der Waals surface area contributed by atoms with Crippen LogP contribution in [0.3, 0.4) is 0 Å². The van der Waals surface area contributed by atoms with Crippen molar-refractivity contribution in [3.63, 3.8) is 0 Å². The molecule has 2 aromatic rings. The van der Waals surface area contributed by atoms with Gasteiger partial charge in [0.1, 0.15) is 42.5 Å². The summed E-state index contributed by atoms with van der Waals surface area (Å²) >= 11 is 0. The lowest BCUT2D eigenvalue weighted by molar-refractivity contribution is -0.154. The molecule has 0 fully saturated rings. The van der Waals surface area contributed by atoms with E-state index in [9.17, 15) is 28.4 Å². The van der Waals surface area contributed by atoms with Crippen molar-refractivity contribution in [1.29, 1.82) is 0 Å². The van der Waals surface area contributed by atoms with Crippen molar-refractivity contribution in [2.24, 2.45) is 0 Å². The van der Waals surface area contributed by atoms with Crippen LogP contribution in [-0.4, -0.2) is 74.0 Å². The summed E-state index contributed by atoms with van der Waals surface area (Å²) in [6.07, 6.45) is 1.54. The van der Waals surface area contributed by atoms with Gasteiger partial charge >= 0.3 is 23.9 Å². The van der Waals surface area contributed by atoms with Crippen LogP contribution in [0.4, 0.5) is 4.39 Å². The van der Waals surface area contributed by atoms with Crippen molar-refractivity contribution in [3.05, 3.63) is 52.9 Å². The third-order valence-corrected chi connectivity index (χ3v) is 3.97. The molecule has 0 amide bonds. The average molecular weight is 605 g/mol. The summed E-state index contributed by atoms with van der Waals surface area (Å²) in [6, 6.07) is 6.14. The number of aliphatic hydroxyl groups is 2. The van der Waals surface area contributed by atoms with Gasteiger partial charge in [-0.25, -0.2) is 9.59 Å². The van der Waals surface area contributed by atoms with Gasteiger partial charge in [-0.3, -0.25) is 18.8 Å². The molecule has 13 nitrogen and oxygen atoms in total. The van der Waals surface area contributed by atoms with E-state index < -0.39 is 23.9 Å². The van der Waals surface area contributed by atoms with E-state index in [4.69, 9.17) is 28.5 Å². The van der Waals surface area contributed by atoms with Crippen LogP contribution in [-0.2, 0) is 51.3 Å². The second-order valence-corrected chi connectivity index (χ2v) is 6.83. The van der Waals surface area contributed by atoms with Crippen molar-refractivity contribution in [3.8, 4) is 0 Å². The van der Waals surface area contributed by atoms with Gasteiger partial charge in [0.05, 0.1) is 33.6 Å². The molecule has 0 aliphatic heterocycles. The Kier molecular flexibility index (Phi) is 27.0. The number of halogens is 1. The zero-order valence-corrected chi connectivity index (χ0v) is 23.7. The van der Waals surface area contributed by atoms with Crippen molar-refractivity contribution >= 4 is 36.2 Å². The van der Waals surface area contributed by atoms with Crippen LogP contribution in [0.25, 0.3) is 6.08 Å². The molecule has 0 aliphatic rings. The number of furan rings is 2. The molecule has 0 aromatic carbocycles. The third-order valence-electron chi connectivity index (χ3n) is 3.97. The van der Waals surface area contributed by atoms with E-state index in [0.29, 0.717) is 25.0 Å². The Morgan fingerprint density at radius 1 is 0.714 bits per heavy atom. The number of ether oxygens (including phenoxy) is 4. The Hall–Kier alpha value is -4.30. The van der Waals surface area contributed by atoms with Gasteiger partial charge in [-0.05, 0) is 52.0 Å². The van der Waals surface area contributed by atoms with Gasteiger partial charge in [0.25, 0.3) is 0 Å². The molecular formula is C28H41FO13. The van der Waals surface area contributed by atoms with Gasteiger partial charge in [-0.15, -0.1) is 0 Å². The maximum Gasteiger partial charge on any atom is 0.345 e. The molecule has 0 unspecified atom stereocenters. The zero-order chi connectivity index (χ0) is 31.6. The second kappa shape index (κ2) is 26.9. The zero-order valence-electron chi connectivity index (χ0n) is 23.7. The third kappa shape index (κ3) is 18.9. The molecule has 0 bridgehead atoms. The van der Waals surface area contributed by atoms with Gasteiger partial charge < -0.3 is 38.0 Å². The molecule has 0 saturated heterocycles. The molecule has 2 aromatic heterocycles. The van der Waals surface area contributed by atoms with Gasteiger partial charge in [0.15, 0.2) is 12.0 Å². The number of esters is 4. The highest BCUT2D eigenvalue weighted by Crippen LogP contribution is 2.14. The summed E-state index contributed by atoms with van der Waals surface area (Å²) in [5, 5.41) is 17.3. The first kappa shape index (κ1) is 42.2. The molecule has 42 heavy (non-hydrogen) atoms. The lowest BCUT2D eigenvalue weighted by atomic mass is 10.2. The molecule has 0 spiro atoms. The predicted octanol–water partition coefficient (Wildman–Crippen LogP) is 3.59. The summed E-state index contributed by atoms with van der Waals surface area (Å²) in [5.41, 5.74) is -0.248. The minimum absolute atomic E-state index is 0. The molecule has 0 atom stereocenters. The maximum atomic E-state index is 11.7. The SMILES string of the molecule is C.CCOC(=O)C(=Cc1ccc(CO)o1)C(=O)OCC.CCOC(=O)CC(=O)OCC.CF.O=Cc1ccc(CO)o1. The normalized spacial score (nSPS) is 8.95. The predicted molar refractivity (Wildman–Crippen MR) is 148 cm³/mol. The molecule has 2 N–H and O–H groups in total. The quantitative estimate of drug-likeness (QED) is 0.0893. The van der Waals surface area contributed by atoms with Crippen LogP contribution in [0.15, 0.2) is 38.7 Å². The Morgan fingerprint density at radius 3 is 1.40 bits per heavy atom. The summed E-state index contributed by atoms with van der Waals surface area (Å²) < 4.78 is 38.0. The molecule has 14 heteroatoms. The van der Waals surface area contributed by atoms with Crippen LogP contribution < -0.4 is 0 Å². The van der Waals surface area contributed by atoms with E-state index in [1.165, 1.54) is 18.2 Å². The average Bonchev–Trinajstić information content (AvgIpc) is 3.63. The minimum atomic E-state index is -0.775. The Labute approximate surface area is 244 Å². The van der Waals surface area contributed by atoms with E-state index >= 15 is 0 Å². The lowest BCUT2D eigenvalue weighted by Crippen LogP contribution is -2.18. The minimum Gasteiger partial charge on any atom is -0.466 e. The number of hydrogen-bond acceptors (Lipinski definition) is 13. The Morgan fingerprint density at radius 2 is 1.10 bits per heavy atom. The number of alkyl halides is 1. The van der Waals surface area contributed by atoms with E-state index in [1.54, 1.807) is 39.8 Å². The van der Waals surface area contributed by atoms with E-state index in [2.05, 4.69) is 9.47 Å². The maximum absolute atomic E-state index is 11.7. The number of aliphatic hydroxyl groups excluding tert-OH is 2. The molecule has 0 aliphatic carbocycles. The molecular weight excluding hydrogens is 563 g/mol. The lowest BCUT2D eigenvalue weighted by Gasteiger charge is -2.05. The number of hydrogen-bond donors (Lipinski definition) is 2. The summed E-state index contributed by atoms with van der Waals surface area (Å²) in [5.74, 6) is -1.36. The highest BCUT2D eigenvalue weighted by atomic mass is 19.1. The Balaban J connectivity index is -0.000000564. The number of carbonyl (C=O) groups is 5. The molecule has 2 heterocycles. The molecule has 0 saturated carbocycles. The van der Waals surface area contributed by atoms with Crippen LogP contribution >= 0.6 is 0 Å². The second-order valence-electron chi connectivity index (χ2n) is 6.83. The first-order valence-electron chi connectivity index (χ1n) is 12.3. The van der Waals surface area contributed by atoms with Crippen molar-refractivity contribution in [2.75, 3.05) is 33.6 Å². The van der Waals surface area contributed by atoms with Crippen molar-refractivity contribution in [1.82, 2.24) is 0 Å². The van der Waals surface area contributed by atoms with Crippen molar-refractivity contribution < 1.29 is 66.4 Å². The number of carbonyl (C=O) groups excluding carboxylic acids is 5. The largest absolute Gasteiger partial charge is 0.466 e. The summed E-state index contributed by atoms with van der Waals surface area (Å²) in [6.45, 7) is 7.10. The molecule has 238 valence electrons. The van der Waals surface area contributed by atoms with E-state index in [-0.39, 0.29) is 70.6 Å². The van der Waals surface area contributed by atoms with Crippen LogP contribution in [0.1, 0.15) is 69.4 Å². The molecule has 2 rings (SSSR count). The van der Waals surface area contributed by atoms with E-state index in [1.807, 2.05) is 0 Å². The van der Waals surface area contributed by atoms with E-state index in [0.717, 1.165) is 0 Å². The molecule has 0 radical (unpaired) electrons. The fourth-order valence-electron chi connectivity index (χ4n) is 2.40. The van der Waals surface area contributed by atoms with Gasteiger partial charge in [0.2, 0.25) is 0 Å². The smallest absolute Gasteiger partial charge is 0.345 e. The fraction of sp³-hybridized carbons (Fsp3) is 0.464. The standard InChI is InChI=1S/C13H16O6.C7H12O4.C6H6O3.CH3F.CH4/c1-3-17-12(15)11(13(16)18-4-2)7-9-5-6-10(8-14)19-9;1-3-10-6(8)5-7(9)11-4-2;7-3-5-1-2-6(4-8)9-5;1-2;/h5-7,14H,3-4,8H2,1-2H3;3-5H2,1-2H3;1-3,8H,4H2;1H3;1H4. The highest BCUT2D eigenvalue weighted by molar-refractivity contribution is 6.17. The summed E-state index contributed by atoms with van der Waals surface area (Å²) in [4.78, 5) is 54.5.